The molecule has 0 fully saturated rings. The van der Waals surface area contributed by atoms with E-state index in [4.69, 9.17) is 0 Å². The first-order valence-electron chi connectivity index (χ1n) is 5.09. The van der Waals surface area contributed by atoms with E-state index in [2.05, 4.69) is 32.3 Å². The van der Waals surface area contributed by atoms with Crippen molar-refractivity contribution in [1.29, 1.82) is 0 Å². The van der Waals surface area contributed by atoms with Gasteiger partial charge in [-0.15, -0.1) is 0 Å². The van der Waals surface area contributed by atoms with Gasteiger partial charge in [0.05, 0.1) is 0 Å². The molecule has 0 saturated heterocycles. The summed E-state index contributed by atoms with van der Waals surface area (Å²) in [6, 6.07) is 0. The van der Waals surface area contributed by atoms with E-state index in [1.165, 1.54) is 31.3 Å². The van der Waals surface area contributed by atoms with Crippen LogP contribution in [0.4, 0.5) is 0 Å². The average Bonchev–Trinajstić information content (AvgIpc) is 2.11. The smallest absolute Gasteiger partial charge is 0.00276 e. The number of nitrogens with one attached hydrogen (secondary N) is 1. The van der Waals surface area contributed by atoms with Crippen molar-refractivity contribution in [3.8, 4) is 0 Å². The van der Waals surface area contributed by atoms with Gasteiger partial charge in [0.2, 0.25) is 0 Å². The van der Waals surface area contributed by atoms with Crippen LogP contribution < -0.4 is 5.32 Å². The summed E-state index contributed by atoms with van der Waals surface area (Å²) in [5, 5.41) is 3.10. The first-order valence-corrected chi connectivity index (χ1v) is 5.09. The lowest BCUT2D eigenvalue weighted by Gasteiger charge is -2.09. The van der Waals surface area contributed by atoms with Crippen LogP contribution in [-0.2, 0) is 0 Å². The van der Waals surface area contributed by atoms with Crippen LogP contribution in [-0.4, -0.2) is 7.05 Å². The summed E-state index contributed by atoms with van der Waals surface area (Å²) >= 11 is 0. The second-order valence-corrected chi connectivity index (χ2v) is 3.50. The first-order chi connectivity index (χ1) is 5.74. The van der Waals surface area contributed by atoms with Crippen LogP contribution in [0, 0.1) is 5.92 Å². The molecule has 0 saturated carbocycles. The molecule has 72 valence electrons. The Morgan fingerprint density at radius 1 is 1.42 bits per heavy atom. The van der Waals surface area contributed by atoms with Crippen molar-refractivity contribution in [2.24, 2.45) is 5.92 Å². The van der Waals surface area contributed by atoms with Crippen molar-refractivity contribution in [3.63, 3.8) is 0 Å². The minimum absolute atomic E-state index is 0.872. The van der Waals surface area contributed by atoms with Crippen LogP contribution in [0.15, 0.2) is 11.8 Å². The van der Waals surface area contributed by atoms with E-state index in [-0.39, 0.29) is 0 Å². The standard InChI is InChI=1S/C11H23N/c1-5-10(3)7-8-11(6-2)9-12-4/h9-10,12H,5-8H2,1-4H3/b11-9-. The van der Waals surface area contributed by atoms with E-state index in [9.17, 15) is 0 Å². The van der Waals surface area contributed by atoms with E-state index in [0.29, 0.717) is 0 Å². The van der Waals surface area contributed by atoms with E-state index >= 15 is 0 Å². The van der Waals surface area contributed by atoms with Gasteiger partial charge < -0.3 is 5.32 Å². The summed E-state index contributed by atoms with van der Waals surface area (Å²) in [7, 11) is 1.97. The monoisotopic (exact) mass is 169 g/mol. The molecule has 1 unspecified atom stereocenters. The van der Waals surface area contributed by atoms with Gasteiger partial charge >= 0.3 is 0 Å². The van der Waals surface area contributed by atoms with Crippen LogP contribution in [0.1, 0.15) is 46.5 Å². The first kappa shape index (κ1) is 11.5. The van der Waals surface area contributed by atoms with E-state index in [1.54, 1.807) is 0 Å². The molecule has 0 rings (SSSR count). The van der Waals surface area contributed by atoms with E-state index < -0.39 is 0 Å². The Morgan fingerprint density at radius 3 is 2.50 bits per heavy atom. The molecule has 12 heavy (non-hydrogen) atoms. The van der Waals surface area contributed by atoms with Gasteiger partial charge in [0, 0.05) is 7.05 Å². The fraction of sp³-hybridized carbons (Fsp3) is 0.818. The molecule has 0 aliphatic carbocycles. The van der Waals surface area contributed by atoms with Gasteiger partial charge in [0.25, 0.3) is 0 Å². The summed E-state index contributed by atoms with van der Waals surface area (Å²) in [5.74, 6) is 0.872. The van der Waals surface area contributed by atoms with Crippen molar-refractivity contribution in [3.05, 3.63) is 11.8 Å². The molecule has 1 nitrogen and oxygen atoms in total. The van der Waals surface area contributed by atoms with Crippen LogP contribution >= 0.6 is 0 Å². The second-order valence-electron chi connectivity index (χ2n) is 3.50. The average molecular weight is 169 g/mol. The topological polar surface area (TPSA) is 12.0 Å². The summed E-state index contributed by atoms with van der Waals surface area (Å²) in [4.78, 5) is 0. The highest BCUT2D eigenvalue weighted by Gasteiger charge is 2.00. The largest absolute Gasteiger partial charge is 0.394 e. The Hall–Kier alpha value is -0.460. The van der Waals surface area contributed by atoms with Gasteiger partial charge in [-0.1, -0.05) is 32.8 Å². The molecule has 0 aliphatic rings. The second kappa shape index (κ2) is 7.20. The molecule has 0 amide bonds. The molecule has 0 heterocycles. The Labute approximate surface area is 77.2 Å². The highest BCUT2D eigenvalue weighted by Crippen LogP contribution is 2.15. The van der Waals surface area contributed by atoms with Crippen LogP contribution in [0.3, 0.4) is 0 Å². The molecule has 0 radical (unpaired) electrons. The van der Waals surface area contributed by atoms with Gasteiger partial charge in [0.1, 0.15) is 0 Å². The SMILES string of the molecule is CC/C(=C/NC)CCC(C)CC. The molecular weight excluding hydrogens is 146 g/mol. The maximum Gasteiger partial charge on any atom is 0.00276 e. The van der Waals surface area contributed by atoms with Crippen LogP contribution in [0.5, 0.6) is 0 Å². The Balaban J connectivity index is 3.65. The molecule has 0 bridgehead atoms. The lowest BCUT2D eigenvalue weighted by molar-refractivity contribution is 0.511. The van der Waals surface area contributed by atoms with Crippen LogP contribution in [0.2, 0.25) is 0 Å². The fourth-order valence-corrected chi connectivity index (χ4v) is 1.19. The summed E-state index contributed by atoms with van der Waals surface area (Å²) in [6.07, 6.45) is 7.21. The lowest BCUT2D eigenvalue weighted by atomic mass is 9.98. The molecule has 0 aromatic heterocycles. The Kier molecular flexibility index (Phi) is 6.93. The number of allylic oxidation sites excluding steroid dienone is 1. The molecule has 0 spiro atoms. The summed E-state index contributed by atoms with van der Waals surface area (Å²) < 4.78 is 0. The number of rotatable bonds is 6. The zero-order valence-corrected chi connectivity index (χ0v) is 8.98. The summed E-state index contributed by atoms with van der Waals surface area (Å²) in [6.45, 7) is 6.81. The highest BCUT2D eigenvalue weighted by molar-refractivity contribution is 4.99. The number of hydrogen-bond acceptors (Lipinski definition) is 1. The van der Waals surface area contributed by atoms with E-state index in [0.717, 1.165) is 5.92 Å². The maximum absolute atomic E-state index is 3.10. The van der Waals surface area contributed by atoms with Crippen molar-refractivity contribution in [1.82, 2.24) is 5.32 Å². The predicted octanol–water partition coefficient (Wildman–Crippen LogP) is 3.33. The number of hydrogen-bond donors (Lipinski definition) is 1. The minimum atomic E-state index is 0.872. The van der Waals surface area contributed by atoms with Gasteiger partial charge in [-0.25, -0.2) is 0 Å². The van der Waals surface area contributed by atoms with Crippen molar-refractivity contribution in [2.75, 3.05) is 7.05 Å². The van der Waals surface area contributed by atoms with Crippen molar-refractivity contribution in [2.45, 2.75) is 46.5 Å². The zero-order chi connectivity index (χ0) is 9.40. The van der Waals surface area contributed by atoms with E-state index in [1.807, 2.05) is 7.05 Å². The van der Waals surface area contributed by atoms with Gasteiger partial charge in [0.15, 0.2) is 0 Å². The third-order valence-electron chi connectivity index (χ3n) is 2.46. The van der Waals surface area contributed by atoms with Gasteiger partial charge in [-0.3, -0.25) is 0 Å². The molecule has 1 atom stereocenters. The molecule has 0 aromatic carbocycles. The molecular formula is C11H23N. The molecule has 1 N–H and O–H groups in total. The van der Waals surface area contributed by atoms with Crippen LogP contribution in [0.25, 0.3) is 0 Å². The van der Waals surface area contributed by atoms with Gasteiger partial charge in [-0.05, 0) is 31.4 Å². The quantitative estimate of drug-likeness (QED) is 0.643. The molecule has 0 aromatic rings. The zero-order valence-electron chi connectivity index (χ0n) is 8.98. The Bertz CT molecular complexity index is 127. The highest BCUT2D eigenvalue weighted by atomic mass is 14.8. The minimum Gasteiger partial charge on any atom is -0.394 e. The van der Waals surface area contributed by atoms with Gasteiger partial charge in [-0.2, -0.15) is 0 Å². The molecule has 0 aliphatic heterocycles. The maximum atomic E-state index is 3.10. The third kappa shape index (κ3) is 5.22. The third-order valence-corrected chi connectivity index (χ3v) is 2.46. The normalized spacial score (nSPS) is 14.5. The Morgan fingerprint density at radius 2 is 2.08 bits per heavy atom. The van der Waals surface area contributed by atoms with Crippen molar-refractivity contribution >= 4 is 0 Å². The lowest BCUT2D eigenvalue weighted by Crippen LogP contribution is -1.98. The molecule has 1 heteroatoms. The summed E-state index contributed by atoms with van der Waals surface area (Å²) in [5.41, 5.74) is 1.54. The van der Waals surface area contributed by atoms with Crippen molar-refractivity contribution < 1.29 is 0 Å². The predicted molar refractivity (Wildman–Crippen MR) is 56.1 cm³/mol. The fourth-order valence-electron chi connectivity index (χ4n) is 1.19.